The third-order valence-electron chi connectivity index (χ3n) is 2.65. The molecule has 2 rings (SSSR count). The first-order valence-corrected chi connectivity index (χ1v) is 6.15. The van der Waals surface area contributed by atoms with Gasteiger partial charge in [0.2, 0.25) is 11.8 Å². The summed E-state index contributed by atoms with van der Waals surface area (Å²) in [6, 6.07) is 5.25. The number of carbonyl (C=O) groups excluding carboxylic acids is 3. The smallest absolute Gasteiger partial charge is 0.255 e. The minimum atomic E-state index is -0.450. The number of hydrogen-bond donors (Lipinski definition) is 1. The van der Waals surface area contributed by atoms with E-state index < -0.39 is 11.8 Å². The predicted molar refractivity (Wildman–Crippen MR) is 67.9 cm³/mol. The molecule has 0 aliphatic carbocycles. The summed E-state index contributed by atoms with van der Waals surface area (Å²) >= 11 is 3.32. The van der Waals surface area contributed by atoms with Crippen LogP contribution in [0.2, 0.25) is 0 Å². The lowest BCUT2D eigenvalue weighted by molar-refractivity contribution is -0.135. The summed E-state index contributed by atoms with van der Waals surface area (Å²) in [6.45, 7) is 1.64. The highest BCUT2D eigenvalue weighted by Gasteiger charge is 2.27. The summed E-state index contributed by atoms with van der Waals surface area (Å²) in [6.07, 6.45) is 0. The van der Waals surface area contributed by atoms with Crippen molar-refractivity contribution in [1.82, 2.24) is 10.2 Å². The Kier molecular flexibility index (Phi) is 3.47. The Balaban J connectivity index is 2.25. The van der Waals surface area contributed by atoms with Gasteiger partial charge in [0.05, 0.1) is 0 Å². The van der Waals surface area contributed by atoms with Gasteiger partial charge in [-0.1, -0.05) is 15.9 Å². The molecule has 5 nitrogen and oxygen atoms in total. The molecule has 1 aromatic rings. The Bertz CT molecular complexity index is 526. The van der Waals surface area contributed by atoms with Crippen molar-refractivity contribution < 1.29 is 14.4 Å². The fourth-order valence-corrected chi connectivity index (χ4v) is 2.29. The molecule has 1 heterocycles. The van der Waals surface area contributed by atoms with Crippen LogP contribution in [0, 0.1) is 6.92 Å². The molecule has 1 aliphatic rings. The van der Waals surface area contributed by atoms with Crippen LogP contribution < -0.4 is 5.32 Å². The van der Waals surface area contributed by atoms with E-state index in [-0.39, 0.29) is 19.0 Å². The second-order valence-corrected chi connectivity index (χ2v) is 5.01. The van der Waals surface area contributed by atoms with Crippen LogP contribution in [0.25, 0.3) is 0 Å². The summed E-state index contributed by atoms with van der Waals surface area (Å²) in [7, 11) is 0. The van der Waals surface area contributed by atoms with Crippen LogP contribution >= 0.6 is 15.9 Å². The molecule has 0 aromatic heterocycles. The molecule has 3 amide bonds. The first kappa shape index (κ1) is 12.8. The number of hydrogen-bond acceptors (Lipinski definition) is 3. The molecule has 0 bridgehead atoms. The van der Waals surface area contributed by atoms with Crippen LogP contribution in [-0.2, 0) is 9.59 Å². The number of benzene rings is 1. The van der Waals surface area contributed by atoms with Gasteiger partial charge in [-0.2, -0.15) is 0 Å². The molecule has 0 radical (unpaired) electrons. The van der Waals surface area contributed by atoms with Crippen molar-refractivity contribution in [3.05, 3.63) is 33.8 Å². The minimum Gasteiger partial charge on any atom is -0.320 e. The van der Waals surface area contributed by atoms with Crippen molar-refractivity contribution in [3.8, 4) is 0 Å². The van der Waals surface area contributed by atoms with Crippen LogP contribution in [0.15, 0.2) is 22.7 Å². The van der Waals surface area contributed by atoms with Gasteiger partial charge in [-0.15, -0.1) is 0 Å². The van der Waals surface area contributed by atoms with Gasteiger partial charge in [-0.05, 0) is 30.7 Å². The van der Waals surface area contributed by atoms with E-state index in [0.717, 1.165) is 10.0 Å². The van der Waals surface area contributed by atoms with Gasteiger partial charge in [0.25, 0.3) is 5.91 Å². The van der Waals surface area contributed by atoms with E-state index in [9.17, 15) is 14.4 Å². The number of carbonyl (C=O) groups is 3. The summed E-state index contributed by atoms with van der Waals surface area (Å²) in [5, 5.41) is 2.16. The van der Waals surface area contributed by atoms with E-state index in [2.05, 4.69) is 21.2 Å². The molecular formula is C12H11BrN2O3. The van der Waals surface area contributed by atoms with Crippen molar-refractivity contribution in [3.63, 3.8) is 0 Å². The number of nitrogens with one attached hydrogen (secondary N) is 1. The molecule has 1 aromatic carbocycles. The van der Waals surface area contributed by atoms with E-state index in [1.54, 1.807) is 12.1 Å². The second kappa shape index (κ2) is 4.89. The van der Waals surface area contributed by atoms with Gasteiger partial charge in [0.15, 0.2) is 0 Å². The van der Waals surface area contributed by atoms with Gasteiger partial charge in [0.1, 0.15) is 13.1 Å². The third-order valence-corrected chi connectivity index (χ3v) is 3.15. The first-order chi connectivity index (χ1) is 8.47. The van der Waals surface area contributed by atoms with Crippen molar-refractivity contribution in [1.29, 1.82) is 0 Å². The van der Waals surface area contributed by atoms with Crippen LogP contribution in [0.1, 0.15) is 15.9 Å². The lowest BCUT2D eigenvalue weighted by atomic mass is 10.1. The number of piperazine rings is 1. The molecule has 1 saturated heterocycles. The summed E-state index contributed by atoms with van der Waals surface area (Å²) < 4.78 is 0.879. The fraction of sp³-hybridized carbons (Fsp3) is 0.250. The van der Waals surface area contributed by atoms with Gasteiger partial charge in [-0.25, -0.2) is 0 Å². The molecule has 0 unspecified atom stereocenters. The predicted octanol–water partition coefficient (Wildman–Crippen LogP) is 0.856. The lowest BCUT2D eigenvalue weighted by Gasteiger charge is -2.26. The molecule has 6 heteroatoms. The SMILES string of the molecule is Cc1cc(Br)ccc1C(=O)N1CC(=O)NC(=O)C1. The highest BCUT2D eigenvalue weighted by Crippen LogP contribution is 2.17. The molecule has 0 spiro atoms. The third kappa shape index (κ3) is 2.59. The number of rotatable bonds is 1. The monoisotopic (exact) mass is 310 g/mol. The molecule has 1 fully saturated rings. The maximum Gasteiger partial charge on any atom is 0.255 e. The zero-order chi connectivity index (χ0) is 13.3. The Hall–Kier alpha value is -1.69. The molecule has 0 atom stereocenters. The molecule has 0 saturated carbocycles. The summed E-state index contributed by atoms with van der Waals surface area (Å²) in [4.78, 5) is 35.9. The Morgan fingerprint density at radius 3 is 2.44 bits per heavy atom. The first-order valence-electron chi connectivity index (χ1n) is 5.35. The van der Waals surface area contributed by atoms with Crippen molar-refractivity contribution in [2.45, 2.75) is 6.92 Å². The molecule has 18 heavy (non-hydrogen) atoms. The second-order valence-electron chi connectivity index (χ2n) is 4.09. The number of aryl methyl sites for hydroxylation is 1. The number of halogens is 1. The normalized spacial score (nSPS) is 15.6. The van der Waals surface area contributed by atoms with E-state index in [1.165, 1.54) is 4.90 Å². The largest absolute Gasteiger partial charge is 0.320 e. The topological polar surface area (TPSA) is 66.5 Å². The summed E-state index contributed by atoms with van der Waals surface area (Å²) in [5.74, 6) is -1.20. The zero-order valence-corrected chi connectivity index (χ0v) is 11.3. The maximum absolute atomic E-state index is 12.2. The average Bonchev–Trinajstić information content (AvgIpc) is 2.26. The number of imide groups is 1. The van der Waals surface area contributed by atoms with Crippen molar-refractivity contribution in [2.24, 2.45) is 0 Å². The van der Waals surface area contributed by atoms with Gasteiger partial charge >= 0.3 is 0 Å². The summed E-state index contributed by atoms with van der Waals surface area (Å²) in [5.41, 5.74) is 1.30. The van der Waals surface area contributed by atoms with Crippen molar-refractivity contribution >= 4 is 33.7 Å². The van der Waals surface area contributed by atoms with Gasteiger partial charge < -0.3 is 4.90 Å². The van der Waals surface area contributed by atoms with E-state index in [0.29, 0.717) is 5.56 Å². The zero-order valence-electron chi connectivity index (χ0n) is 9.70. The lowest BCUT2D eigenvalue weighted by Crippen LogP contribution is -2.53. The maximum atomic E-state index is 12.2. The van der Waals surface area contributed by atoms with E-state index in [4.69, 9.17) is 0 Å². The van der Waals surface area contributed by atoms with Gasteiger partial charge in [0, 0.05) is 10.0 Å². The van der Waals surface area contributed by atoms with Crippen LogP contribution in [0.4, 0.5) is 0 Å². The van der Waals surface area contributed by atoms with Crippen LogP contribution in [0.5, 0.6) is 0 Å². The Labute approximate surface area is 112 Å². The highest BCUT2D eigenvalue weighted by molar-refractivity contribution is 9.10. The van der Waals surface area contributed by atoms with E-state index in [1.807, 2.05) is 13.0 Å². The number of nitrogens with zero attached hydrogens (tertiary/aromatic N) is 1. The quantitative estimate of drug-likeness (QED) is 0.782. The van der Waals surface area contributed by atoms with Gasteiger partial charge in [-0.3, -0.25) is 19.7 Å². The van der Waals surface area contributed by atoms with Crippen LogP contribution in [-0.4, -0.2) is 35.7 Å². The molecular weight excluding hydrogens is 300 g/mol. The molecule has 94 valence electrons. The van der Waals surface area contributed by atoms with Crippen molar-refractivity contribution in [2.75, 3.05) is 13.1 Å². The number of amides is 3. The molecule has 1 N–H and O–H groups in total. The fourth-order valence-electron chi connectivity index (χ4n) is 1.82. The molecule has 1 aliphatic heterocycles. The Morgan fingerprint density at radius 2 is 1.89 bits per heavy atom. The highest BCUT2D eigenvalue weighted by atomic mass is 79.9. The minimum absolute atomic E-state index is 0.0833. The van der Waals surface area contributed by atoms with E-state index >= 15 is 0 Å². The van der Waals surface area contributed by atoms with Crippen LogP contribution in [0.3, 0.4) is 0 Å². The average molecular weight is 311 g/mol. The Morgan fingerprint density at radius 1 is 1.28 bits per heavy atom. The standard InChI is InChI=1S/C12H11BrN2O3/c1-7-4-8(13)2-3-9(7)12(18)15-5-10(16)14-11(17)6-15/h2-4H,5-6H2,1H3,(H,14,16,17).